The average molecular weight is 453 g/mol. The molecule has 4 aromatic rings. The highest BCUT2D eigenvalue weighted by atomic mass is 32.1. The van der Waals surface area contributed by atoms with Gasteiger partial charge in [0.15, 0.2) is 0 Å². The lowest BCUT2D eigenvalue weighted by Crippen LogP contribution is -2.55. The molecule has 0 radical (unpaired) electrons. The van der Waals surface area contributed by atoms with E-state index in [1.807, 2.05) is 28.1 Å². The molecule has 0 spiro atoms. The Morgan fingerprint density at radius 1 is 1.16 bits per heavy atom. The van der Waals surface area contributed by atoms with Crippen molar-refractivity contribution in [1.29, 1.82) is 0 Å². The van der Waals surface area contributed by atoms with Crippen LogP contribution in [-0.4, -0.2) is 40.5 Å². The van der Waals surface area contributed by atoms with Gasteiger partial charge in [-0.1, -0.05) is 6.92 Å². The average Bonchev–Trinajstić information content (AvgIpc) is 3.42. The third kappa shape index (κ3) is 4.00. The Hall–Kier alpha value is -2.85. The predicted molar refractivity (Wildman–Crippen MR) is 127 cm³/mol. The molecule has 1 aromatic carbocycles. The van der Waals surface area contributed by atoms with Crippen LogP contribution in [0.25, 0.3) is 16.9 Å². The highest BCUT2D eigenvalue weighted by Gasteiger charge is 2.24. The van der Waals surface area contributed by atoms with Gasteiger partial charge in [-0.3, -0.25) is 4.40 Å². The van der Waals surface area contributed by atoms with E-state index in [1.165, 1.54) is 12.1 Å². The van der Waals surface area contributed by atoms with E-state index in [0.717, 1.165) is 58.6 Å². The number of halogens is 1. The number of rotatable bonds is 6. The van der Waals surface area contributed by atoms with Crippen molar-refractivity contribution in [3.05, 3.63) is 69.7 Å². The van der Waals surface area contributed by atoms with Gasteiger partial charge in [0.05, 0.1) is 37.2 Å². The van der Waals surface area contributed by atoms with Gasteiger partial charge in [-0.25, -0.2) is 14.4 Å². The number of nitrogens with one attached hydrogen (secondary N) is 2. The monoisotopic (exact) mass is 452 g/mol. The van der Waals surface area contributed by atoms with Crippen LogP contribution in [-0.2, 0) is 13.0 Å². The summed E-state index contributed by atoms with van der Waals surface area (Å²) in [5.74, 6) is 0.637. The van der Waals surface area contributed by atoms with Gasteiger partial charge in [-0.05, 0) is 36.8 Å². The van der Waals surface area contributed by atoms with Crippen molar-refractivity contribution < 1.29 is 4.39 Å². The van der Waals surface area contributed by atoms with Gasteiger partial charge in [-0.15, -0.1) is 11.3 Å². The number of thiazole rings is 1. The number of hydrogen-bond acceptors (Lipinski definition) is 6. The molecule has 32 heavy (non-hydrogen) atoms. The molecule has 0 atom stereocenters. The smallest absolute Gasteiger partial charge is 0.149 e. The first kappa shape index (κ1) is 21.0. The number of hydrogen-bond donors (Lipinski definition) is 2. The molecule has 166 valence electrons. The summed E-state index contributed by atoms with van der Waals surface area (Å²) in [4.78, 5) is 9.43. The Morgan fingerprint density at radius 3 is 2.69 bits per heavy atom. The Morgan fingerprint density at radius 2 is 1.94 bits per heavy atom. The molecule has 1 aliphatic rings. The molecule has 5 rings (SSSR count). The first-order valence-corrected chi connectivity index (χ1v) is 11.7. The van der Waals surface area contributed by atoms with Gasteiger partial charge in [0.2, 0.25) is 0 Å². The number of pyridine rings is 1. The van der Waals surface area contributed by atoms with Gasteiger partial charge >= 0.3 is 0 Å². The summed E-state index contributed by atoms with van der Waals surface area (Å²) in [5.41, 5.74) is 4.24. The summed E-state index contributed by atoms with van der Waals surface area (Å²) in [6.07, 6.45) is 2.70. The second-order valence-electron chi connectivity index (χ2n) is 7.95. The summed E-state index contributed by atoms with van der Waals surface area (Å²) in [5, 5.41) is 22.9. The molecular formula is C23H25FN6OS. The van der Waals surface area contributed by atoms with Gasteiger partial charge in [0, 0.05) is 30.1 Å². The maximum absolute atomic E-state index is 13.3. The minimum Gasteiger partial charge on any atom is -0.627 e. The minimum absolute atomic E-state index is 0.257. The van der Waals surface area contributed by atoms with Gasteiger partial charge in [0.25, 0.3) is 0 Å². The molecule has 1 fully saturated rings. The van der Waals surface area contributed by atoms with Crippen molar-refractivity contribution >= 4 is 28.5 Å². The van der Waals surface area contributed by atoms with Crippen molar-refractivity contribution in [1.82, 2.24) is 24.3 Å². The quantitative estimate of drug-likeness (QED) is 0.339. The van der Waals surface area contributed by atoms with E-state index in [2.05, 4.69) is 17.6 Å². The SMILES string of the molecule is CCc1nc2ccc([N+]3([O-])CCNCC3)cn2c1NCc1nc(-c2ccc(F)cc2)cs1. The molecule has 0 amide bonds. The normalized spacial score (nSPS) is 15.8. The summed E-state index contributed by atoms with van der Waals surface area (Å²) in [6.45, 7) is 5.10. The van der Waals surface area contributed by atoms with Gasteiger partial charge in [0.1, 0.15) is 28.0 Å². The zero-order valence-electron chi connectivity index (χ0n) is 17.8. The number of piperazine rings is 1. The fraction of sp³-hybridized carbons (Fsp3) is 0.304. The zero-order chi connectivity index (χ0) is 22.1. The molecule has 0 saturated carbocycles. The molecule has 1 saturated heterocycles. The Kier molecular flexibility index (Phi) is 5.64. The maximum atomic E-state index is 13.3. The minimum atomic E-state index is -0.324. The number of benzene rings is 1. The van der Waals surface area contributed by atoms with Crippen LogP contribution < -0.4 is 15.3 Å². The van der Waals surface area contributed by atoms with Crippen LogP contribution in [0.3, 0.4) is 0 Å². The number of anilines is 1. The lowest BCUT2D eigenvalue weighted by atomic mass is 10.2. The van der Waals surface area contributed by atoms with Crippen molar-refractivity contribution in [3.63, 3.8) is 0 Å². The van der Waals surface area contributed by atoms with Crippen molar-refractivity contribution in [2.75, 3.05) is 31.5 Å². The Labute approximate surface area is 189 Å². The summed E-state index contributed by atoms with van der Waals surface area (Å²) in [7, 11) is 0. The lowest BCUT2D eigenvalue weighted by Gasteiger charge is -2.44. The fourth-order valence-corrected chi connectivity index (χ4v) is 4.82. The van der Waals surface area contributed by atoms with E-state index < -0.39 is 0 Å². The van der Waals surface area contributed by atoms with Crippen LogP contribution in [0.1, 0.15) is 17.6 Å². The van der Waals surface area contributed by atoms with E-state index in [9.17, 15) is 9.60 Å². The molecule has 0 unspecified atom stereocenters. The highest BCUT2D eigenvalue weighted by Crippen LogP contribution is 2.28. The van der Waals surface area contributed by atoms with E-state index in [1.54, 1.807) is 23.5 Å². The molecule has 1 aliphatic heterocycles. The van der Waals surface area contributed by atoms with Crippen molar-refractivity contribution in [2.24, 2.45) is 0 Å². The Bertz CT molecular complexity index is 1230. The summed E-state index contributed by atoms with van der Waals surface area (Å²) >= 11 is 1.56. The molecular weight excluding hydrogens is 427 g/mol. The first-order valence-electron chi connectivity index (χ1n) is 10.8. The standard InChI is InChI=1S/C23H25FN6OS/c1-2-19-23(26-13-22-28-20(15-32-22)16-3-5-17(24)6-4-16)29-14-18(7-8-21(29)27-19)30(31)11-9-25-10-12-30/h3-8,14-15,25-26H,2,9-13H2,1H3. The highest BCUT2D eigenvalue weighted by molar-refractivity contribution is 7.09. The van der Waals surface area contributed by atoms with Gasteiger partial charge in [-0.2, -0.15) is 0 Å². The van der Waals surface area contributed by atoms with E-state index in [4.69, 9.17) is 9.97 Å². The van der Waals surface area contributed by atoms with E-state index >= 15 is 0 Å². The van der Waals surface area contributed by atoms with Crippen LogP contribution in [0.15, 0.2) is 48.0 Å². The number of imidazole rings is 1. The molecule has 0 aliphatic carbocycles. The molecule has 2 N–H and O–H groups in total. The van der Waals surface area contributed by atoms with Crippen LogP contribution in [0, 0.1) is 11.0 Å². The number of fused-ring (bicyclic) bond motifs is 1. The number of nitrogens with zero attached hydrogens (tertiary/aromatic N) is 4. The fourth-order valence-electron chi connectivity index (χ4n) is 4.08. The summed E-state index contributed by atoms with van der Waals surface area (Å²) in [6, 6.07) is 10.2. The van der Waals surface area contributed by atoms with Crippen LogP contribution in [0.4, 0.5) is 15.9 Å². The number of quaternary nitrogens is 1. The number of aryl methyl sites for hydroxylation is 1. The second kappa shape index (κ2) is 8.59. The predicted octanol–water partition coefficient (Wildman–Crippen LogP) is 4.18. The lowest BCUT2D eigenvalue weighted by molar-refractivity contribution is 0.320. The molecule has 0 bridgehead atoms. The third-order valence-corrected chi connectivity index (χ3v) is 6.73. The van der Waals surface area contributed by atoms with E-state index in [-0.39, 0.29) is 10.5 Å². The third-order valence-electron chi connectivity index (χ3n) is 5.88. The first-order chi connectivity index (χ1) is 15.6. The van der Waals surface area contributed by atoms with Gasteiger partial charge < -0.3 is 20.5 Å². The number of aromatic nitrogens is 3. The van der Waals surface area contributed by atoms with E-state index in [0.29, 0.717) is 19.6 Å². The summed E-state index contributed by atoms with van der Waals surface area (Å²) < 4.78 is 14.9. The largest absolute Gasteiger partial charge is 0.627 e. The Balaban J connectivity index is 1.41. The molecule has 9 heteroatoms. The second-order valence-corrected chi connectivity index (χ2v) is 8.89. The maximum Gasteiger partial charge on any atom is 0.149 e. The molecule has 4 heterocycles. The number of hydroxylamine groups is 2. The molecule has 3 aromatic heterocycles. The van der Waals surface area contributed by atoms with Crippen LogP contribution in [0.5, 0.6) is 0 Å². The van der Waals surface area contributed by atoms with Crippen LogP contribution in [0.2, 0.25) is 0 Å². The van der Waals surface area contributed by atoms with Crippen LogP contribution >= 0.6 is 11.3 Å². The van der Waals surface area contributed by atoms with Crippen molar-refractivity contribution in [2.45, 2.75) is 19.9 Å². The van der Waals surface area contributed by atoms with Crippen molar-refractivity contribution in [3.8, 4) is 11.3 Å². The molecule has 7 nitrogen and oxygen atoms in total. The topological polar surface area (TPSA) is 77.3 Å². The zero-order valence-corrected chi connectivity index (χ0v) is 18.7.